The summed E-state index contributed by atoms with van der Waals surface area (Å²) in [7, 11) is 3.21. The van der Waals surface area contributed by atoms with E-state index >= 15 is 0 Å². The van der Waals surface area contributed by atoms with Crippen LogP contribution in [0.2, 0.25) is 0 Å². The highest BCUT2D eigenvalue weighted by Gasteiger charge is 2.39. The maximum absolute atomic E-state index is 12.5. The molecule has 0 bridgehead atoms. The predicted octanol–water partition coefficient (Wildman–Crippen LogP) is 2.58. The molecular formula is C16H26N2O3S. The molecule has 1 heterocycles. The molecule has 0 amide bonds. The van der Waals surface area contributed by atoms with Crippen molar-refractivity contribution in [2.75, 3.05) is 14.2 Å². The van der Waals surface area contributed by atoms with Gasteiger partial charge in [-0.25, -0.2) is 4.79 Å². The van der Waals surface area contributed by atoms with Gasteiger partial charge in [-0.05, 0) is 46.8 Å². The number of rotatable bonds is 5. The molecule has 0 radical (unpaired) electrons. The lowest BCUT2D eigenvalue weighted by atomic mass is 9.98. The molecular weight excluding hydrogens is 300 g/mol. The summed E-state index contributed by atoms with van der Waals surface area (Å²) in [5, 5.41) is 0. The molecule has 1 rings (SSSR count). The van der Waals surface area contributed by atoms with Crippen molar-refractivity contribution in [2.45, 2.75) is 51.3 Å². The fourth-order valence-electron chi connectivity index (χ4n) is 1.96. The maximum Gasteiger partial charge on any atom is 0.339 e. The van der Waals surface area contributed by atoms with Crippen molar-refractivity contribution in [3.05, 3.63) is 29.6 Å². The Morgan fingerprint density at radius 3 is 2.32 bits per heavy atom. The van der Waals surface area contributed by atoms with E-state index in [0.29, 0.717) is 12.0 Å². The third-order valence-corrected chi connectivity index (χ3v) is 5.52. The topological polar surface area (TPSA) is 65.5 Å². The van der Waals surface area contributed by atoms with Gasteiger partial charge in [0.25, 0.3) is 0 Å². The second-order valence-electron chi connectivity index (χ2n) is 6.88. The standard InChI is InChI=1S/C16H26N2O3S/c1-15(2,3)22(20)18(6)16(4,5)10-13-9-8-12(11-17-13)14(19)21-7/h8-9,11H,10H2,1-7H3. The van der Waals surface area contributed by atoms with Gasteiger partial charge >= 0.3 is 5.97 Å². The molecule has 0 aliphatic heterocycles. The lowest BCUT2D eigenvalue weighted by Gasteiger charge is -2.39. The fraction of sp³-hybridized carbons (Fsp3) is 0.625. The van der Waals surface area contributed by atoms with Crippen molar-refractivity contribution in [3.8, 4) is 0 Å². The van der Waals surface area contributed by atoms with E-state index in [1.165, 1.54) is 13.3 Å². The average Bonchev–Trinajstić information content (AvgIpc) is 2.44. The SMILES string of the molecule is COC(=O)c1ccc(CC(C)(C)N(C)[S+]([O-])C(C)(C)C)nc1. The zero-order chi connectivity index (χ0) is 17.1. The van der Waals surface area contributed by atoms with Crippen LogP contribution in [0.5, 0.6) is 0 Å². The molecule has 1 aromatic heterocycles. The van der Waals surface area contributed by atoms with E-state index in [2.05, 4.69) is 9.72 Å². The van der Waals surface area contributed by atoms with Crippen molar-refractivity contribution >= 4 is 17.3 Å². The van der Waals surface area contributed by atoms with Gasteiger partial charge in [0.05, 0.1) is 18.2 Å². The molecule has 0 aromatic carbocycles. The second kappa shape index (κ2) is 6.98. The van der Waals surface area contributed by atoms with E-state index in [4.69, 9.17) is 0 Å². The molecule has 0 fully saturated rings. The summed E-state index contributed by atoms with van der Waals surface area (Å²) in [6, 6.07) is 3.51. The number of methoxy groups -OCH3 is 1. The molecule has 0 N–H and O–H groups in total. The monoisotopic (exact) mass is 326 g/mol. The first kappa shape index (κ1) is 18.9. The third-order valence-electron chi connectivity index (χ3n) is 3.48. The third kappa shape index (κ3) is 4.69. The molecule has 0 saturated heterocycles. The van der Waals surface area contributed by atoms with E-state index in [1.807, 2.05) is 52.0 Å². The van der Waals surface area contributed by atoms with Crippen LogP contribution in [0.1, 0.15) is 50.7 Å². The highest BCUT2D eigenvalue weighted by atomic mass is 32.2. The van der Waals surface area contributed by atoms with Gasteiger partial charge in [0, 0.05) is 36.7 Å². The van der Waals surface area contributed by atoms with E-state index < -0.39 is 17.3 Å². The summed E-state index contributed by atoms with van der Waals surface area (Å²) >= 11 is -1.11. The predicted molar refractivity (Wildman–Crippen MR) is 89.0 cm³/mol. The summed E-state index contributed by atoms with van der Waals surface area (Å²) in [5.74, 6) is -0.399. The Kier molecular flexibility index (Phi) is 6.01. The summed E-state index contributed by atoms with van der Waals surface area (Å²) < 4.78 is 18.8. The molecule has 5 nitrogen and oxygen atoms in total. The molecule has 0 aliphatic carbocycles. The summed E-state index contributed by atoms with van der Waals surface area (Å²) in [6.45, 7) is 9.94. The normalized spacial score (nSPS) is 14.0. The van der Waals surface area contributed by atoms with E-state index in [0.717, 1.165) is 5.69 Å². The number of likely N-dealkylation sites (N-methyl/N-ethyl adjacent to an activating group) is 1. The van der Waals surface area contributed by atoms with Crippen LogP contribution in [0.3, 0.4) is 0 Å². The minimum atomic E-state index is -1.11. The number of nitrogens with zero attached hydrogens (tertiary/aromatic N) is 2. The zero-order valence-corrected chi connectivity index (χ0v) is 15.3. The molecule has 1 aromatic rings. The van der Waals surface area contributed by atoms with E-state index in [9.17, 15) is 9.35 Å². The number of hydrogen-bond donors (Lipinski definition) is 0. The Hall–Kier alpha value is -1.11. The summed E-state index contributed by atoms with van der Waals surface area (Å²) in [5.41, 5.74) is 0.948. The molecule has 1 unspecified atom stereocenters. The van der Waals surface area contributed by atoms with E-state index in [-0.39, 0.29) is 10.3 Å². The van der Waals surface area contributed by atoms with Crippen LogP contribution >= 0.6 is 0 Å². The lowest BCUT2D eigenvalue weighted by molar-refractivity contribution is 0.0600. The number of ether oxygens (including phenoxy) is 1. The first-order chi connectivity index (χ1) is 9.99. The van der Waals surface area contributed by atoms with Crippen LogP contribution in [0.15, 0.2) is 18.3 Å². The van der Waals surface area contributed by atoms with Gasteiger partial charge in [0.15, 0.2) is 0 Å². The zero-order valence-electron chi connectivity index (χ0n) is 14.5. The van der Waals surface area contributed by atoms with Crippen LogP contribution in [-0.4, -0.2) is 44.3 Å². The number of aromatic nitrogens is 1. The average molecular weight is 326 g/mol. The number of esters is 1. The lowest BCUT2D eigenvalue weighted by Crippen LogP contribution is -2.52. The number of carbonyl (C=O) groups excluding carboxylic acids is 1. The number of carbonyl (C=O) groups is 1. The number of pyridine rings is 1. The van der Waals surface area contributed by atoms with Crippen LogP contribution < -0.4 is 0 Å². The maximum atomic E-state index is 12.5. The summed E-state index contributed by atoms with van der Waals surface area (Å²) in [6.07, 6.45) is 2.14. The Morgan fingerprint density at radius 2 is 1.91 bits per heavy atom. The minimum absolute atomic E-state index is 0.311. The van der Waals surface area contributed by atoms with Crippen LogP contribution in [-0.2, 0) is 22.5 Å². The van der Waals surface area contributed by atoms with Gasteiger partial charge in [-0.1, -0.05) is 0 Å². The van der Waals surface area contributed by atoms with Gasteiger partial charge in [0.1, 0.15) is 4.75 Å². The molecule has 0 aliphatic rings. The summed E-state index contributed by atoms with van der Waals surface area (Å²) in [4.78, 5) is 15.7. The quantitative estimate of drug-likeness (QED) is 0.614. The van der Waals surface area contributed by atoms with Crippen molar-refractivity contribution in [1.82, 2.24) is 9.29 Å². The van der Waals surface area contributed by atoms with Gasteiger partial charge < -0.3 is 9.29 Å². The van der Waals surface area contributed by atoms with Gasteiger partial charge in [0.2, 0.25) is 0 Å². The van der Waals surface area contributed by atoms with Crippen molar-refractivity contribution in [3.63, 3.8) is 0 Å². The highest BCUT2D eigenvalue weighted by Crippen LogP contribution is 2.28. The minimum Gasteiger partial charge on any atom is -0.597 e. The van der Waals surface area contributed by atoms with Crippen LogP contribution in [0.4, 0.5) is 0 Å². The fourth-order valence-corrected chi connectivity index (χ4v) is 3.29. The van der Waals surface area contributed by atoms with Crippen molar-refractivity contribution < 1.29 is 14.1 Å². The highest BCUT2D eigenvalue weighted by molar-refractivity contribution is 7.90. The Labute approximate surface area is 136 Å². The van der Waals surface area contributed by atoms with E-state index in [1.54, 1.807) is 6.07 Å². The molecule has 1 atom stereocenters. The molecule has 0 saturated carbocycles. The largest absolute Gasteiger partial charge is 0.597 e. The van der Waals surface area contributed by atoms with Crippen LogP contribution in [0, 0.1) is 0 Å². The first-order valence-corrected chi connectivity index (χ1v) is 8.29. The first-order valence-electron chi connectivity index (χ1n) is 7.18. The van der Waals surface area contributed by atoms with Gasteiger partial charge in [-0.3, -0.25) is 4.98 Å². The van der Waals surface area contributed by atoms with Crippen LogP contribution in [0.25, 0.3) is 0 Å². The smallest absolute Gasteiger partial charge is 0.339 e. The second-order valence-corrected chi connectivity index (χ2v) is 9.15. The van der Waals surface area contributed by atoms with Gasteiger partial charge in [-0.15, -0.1) is 4.31 Å². The Balaban J connectivity index is 2.86. The molecule has 124 valence electrons. The van der Waals surface area contributed by atoms with Gasteiger partial charge in [-0.2, -0.15) is 0 Å². The number of hydrogen-bond acceptors (Lipinski definition) is 5. The van der Waals surface area contributed by atoms with Crippen molar-refractivity contribution in [2.24, 2.45) is 0 Å². The molecule has 6 heteroatoms. The molecule has 22 heavy (non-hydrogen) atoms. The Morgan fingerprint density at radius 1 is 1.32 bits per heavy atom. The Bertz CT molecular complexity index is 509. The van der Waals surface area contributed by atoms with Crippen molar-refractivity contribution in [1.29, 1.82) is 0 Å². The molecule has 0 spiro atoms.